The van der Waals surface area contributed by atoms with Gasteiger partial charge in [-0.15, -0.1) is 0 Å². The third kappa shape index (κ3) is 3.41. The molecule has 1 heterocycles. The predicted octanol–water partition coefficient (Wildman–Crippen LogP) is 4.62. The van der Waals surface area contributed by atoms with Gasteiger partial charge in [-0.05, 0) is 70.0 Å². The fourth-order valence-corrected chi connectivity index (χ4v) is 3.09. The van der Waals surface area contributed by atoms with Crippen molar-refractivity contribution in [3.05, 3.63) is 58.4 Å². The Labute approximate surface area is 142 Å². The largest absolute Gasteiger partial charge is 0.478 e. The van der Waals surface area contributed by atoms with E-state index in [0.717, 1.165) is 17.0 Å². The van der Waals surface area contributed by atoms with Crippen LogP contribution in [0.3, 0.4) is 0 Å². The Balaban J connectivity index is 2.49. The zero-order chi connectivity index (χ0) is 18.1. The average Bonchev–Trinajstić information content (AvgIpc) is 2.78. The van der Waals surface area contributed by atoms with Crippen molar-refractivity contribution in [2.45, 2.75) is 40.2 Å². The number of carboxylic acid groups (broad SMARTS) is 1. The second-order valence-corrected chi connectivity index (χ2v) is 6.89. The van der Waals surface area contributed by atoms with Crippen LogP contribution in [0.1, 0.15) is 53.6 Å². The van der Waals surface area contributed by atoms with Crippen LogP contribution >= 0.6 is 0 Å². The summed E-state index contributed by atoms with van der Waals surface area (Å²) < 4.78 is 2.25. The predicted molar refractivity (Wildman–Crippen MR) is 95.8 cm³/mol. The smallest absolute Gasteiger partial charge is 0.335 e. The lowest BCUT2D eigenvalue weighted by atomic mass is 10.0. The maximum absolute atomic E-state index is 10.9. The highest BCUT2D eigenvalue weighted by Crippen LogP contribution is 2.27. The van der Waals surface area contributed by atoms with Crippen LogP contribution in [0.25, 0.3) is 11.6 Å². The van der Waals surface area contributed by atoms with Gasteiger partial charge in [-0.1, -0.05) is 12.1 Å². The molecular weight excluding hydrogens is 300 g/mol. The summed E-state index contributed by atoms with van der Waals surface area (Å²) in [5.41, 5.74) is 4.66. The molecule has 0 spiro atoms. The summed E-state index contributed by atoms with van der Waals surface area (Å²) >= 11 is 0. The van der Waals surface area contributed by atoms with E-state index in [1.54, 1.807) is 12.1 Å². The Morgan fingerprint density at radius 1 is 1.17 bits per heavy atom. The number of nitrogens with zero attached hydrogens (tertiary/aromatic N) is 2. The second kappa shape index (κ2) is 6.37. The first kappa shape index (κ1) is 17.6. The van der Waals surface area contributed by atoms with Crippen LogP contribution in [-0.4, -0.2) is 15.6 Å². The minimum Gasteiger partial charge on any atom is -0.478 e. The lowest BCUT2D eigenvalue weighted by Gasteiger charge is -2.25. The van der Waals surface area contributed by atoms with E-state index in [1.807, 2.05) is 13.0 Å². The first-order valence-corrected chi connectivity index (χ1v) is 7.80. The van der Waals surface area contributed by atoms with E-state index < -0.39 is 5.97 Å². The van der Waals surface area contributed by atoms with Crippen molar-refractivity contribution in [2.75, 3.05) is 0 Å². The van der Waals surface area contributed by atoms with Crippen molar-refractivity contribution in [3.8, 4) is 6.07 Å². The molecule has 1 aromatic heterocycles. The van der Waals surface area contributed by atoms with Gasteiger partial charge in [0.05, 0.1) is 17.2 Å². The Morgan fingerprint density at radius 2 is 1.71 bits per heavy atom. The van der Waals surface area contributed by atoms with E-state index in [4.69, 9.17) is 5.11 Å². The van der Waals surface area contributed by atoms with Crippen LogP contribution in [0.2, 0.25) is 0 Å². The number of nitriles is 1. The molecule has 0 radical (unpaired) electrons. The molecule has 4 nitrogen and oxygen atoms in total. The summed E-state index contributed by atoms with van der Waals surface area (Å²) in [6.07, 6.45) is 1.86. The highest BCUT2D eigenvalue weighted by molar-refractivity contribution is 5.92. The summed E-state index contributed by atoms with van der Waals surface area (Å²) in [6.45, 7) is 10.6. The summed E-state index contributed by atoms with van der Waals surface area (Å²) in [7, 11) is 0. The van der Waals surface area contributed by atoms with E-state index >= 15 is 0 Å². The lowest BCUT2D eigenvalue weighted by molar-refractivity contribution is 0.0697. The van der Waals surface area contributed by atoms with Gasteiger partial charge in [-0.3, -0.25) is 0 Å². The first-order chi connectivity index (χ1) is 11.1. The van der Waals surface area contributed by atoms with Gasteiger partial charge in [-0.25, -0.2) is 4.79 Å². The van der Waals surface area contributed by atoms with Crippen molar-refractivity contribution in [3.63, 3.8) is 0 Å². The van der Waals surface area contributed by atoms with Crippen LogP contribution in [-0.2, 0) is 5.54 Å². The molecule has 0 aliphatic carbocycles. The van der Waals surface area contributed by atoms with Crippen molar-refractivity contribution >= 4 is 17.6 Å². The fourth-order valence-electron chi connectivity index (χ4n) is 3.09. The molecule has 124 valence electrons. The van der Waals surface area contributed by atoms with E-state index in [0.29, 0.717) is 11.1 Å². The zero-order valence-electron chi connectivity index (χ0n) is 14.7. The lowest BCUT2D eigenvalue weighted by Crippen LogP contribution is -2.24. The molecular formula is C20H22N2O2. The maximum Gasteiger partial charge on any atom is 0.335 e. The molecule has 0 bridgehead atoms. The average molecular weight is 322 g/mol. The highest BCUT2D eigenvalue weighted by Gasteiger charge is 2.19. The molecule has 0 fully saturated rings. The third-order valence-corrected chi connectivity index (χ3v) is 4.00. The second-order valence-electron chi connectivity index (χ2n) is 6.89. The zero-order valence-corrected chi connectivity index (χ0v) is 14.7. The summed E-state index contributed by atoms with van der Waals surface area (Å²) in [5.74, 6) is -0.974. The molecule has 2 rings (SSSR count). The van der Waals surface area contributed by atoms with Gasteiger partial charge in [0.25, 0.3) is 0 Å². The van der Waals surface area contributed by atoms with Crippen molar-refractivity contribution in [1.82, 2.24) is 4.57 Å². The molecule has 0 amide bonds. The Bertz CT molecular complexity index is 841. The Morgan fingerprint density at radius 3 is 2.12 bits per heavy atom. The van der Waals surface area contributed by atoms with E-state index in [1.165, 1.54) is 12.1 Å². The van der Waals surface area contributed by atoms with Crippen molar-refractivity contribution in [2.24, 2.45) is 0 Å². The van der Waals surface area contributed by atoms with Crippen molar-refractivity contribution < 1.29 is 9.90 Å². The number of hydrogen-bond acceptors (Lipinski definition) is 2. The summed E-state index contributed by atoms with van der Waals surface area (Å²) in [5, 5.41) is 18.5. The standard InChI is InChI=1S/C20H22N2O2/c1-13-10-17(14(2)22(13)20(3,4)5)11-18(12-21)15-6-8-16(9-7-15)19(23)24/h6-11H,1-5H3,(H,23,24)/b18-11-. The summed E-state index contributed by atoms with van der Waals surface area (Å²) in [6, 6.07) is 10.7. The van der Waals surface area contributed by atoms with Crippen LogP contribution in [0.4, 0.5) is 0 Å². The van der Waals surface area contributed by atoms with Crippen LogP contribution in [0.5, 0.6) is 0 Å². The molecule has 4 heteroatoms. The van der Waals surface area contributed by atoms with Gasteiger partial charge >= 0.3 is 5.97 Å². The molecule has 24 heavy (non-hydrogen) atoms. The molecule has 0 aliphatic rings. The molecule has 2 aromatic rings. The third-order valence-electron chi connectivity index (χ3n) is 4.00. The Hall–Kier alpha value is -2.80. The van der Waals surface area contributed by atoms with E-state index in [-0.39, 0.29) is 11.1 Å². The normalized spacial score (nSPS) is 12.1. The minimum atomic E-state index is -0.974. The number of aromatic nitrogens is 1. The number of allylic oxidation sites excluding steroid dienone is 1. The van der Waals surface area contributed by atoms with Gasteiger partial charge in [0.1, 0.15) is 0 Å². The van der Waals surface area contributed by atoms with E-state index in [2.05, 4.69) is 44.4 Å². The molecule has 1 aromatic carbocycles. The number of carboxylic acids is 1. The van der Waals surface area contributed by atoms with Crippen LogP contribution in [0.15, 0.2) is 30.3 Å². The number of aromatic carboxylic acids is 1. The molecule has 0 aliphatic heterocycles. The number of aryl methyl sites for hydroxylation is 1. The number of hydrogen-bond donors (Lipinski definition) is 1. The highest BCUT2D eigenvalue weighted by atomic mass is 16.4. The molecule has 0 atom stereocenters. The van der Waals surface area contributed by atoms with Gasteiger partial charge in [0.15, 0.2) is 0 Å². The van der Waals surface area contributed by atoms with E-state index in [9.17, 15) is 10.1 Å². The number of carbonyl (C=O) groups is 1. The maximum atomic E-state index is 10.9. The Kier molecular flexibility index (Phi) is 4.66. The van der Waals surface area contributed by atoms with Gasteiger partial charge in [-0.2, -0.15) is 5.26 Å². The van der Waals surface area contributed by atoms with Gasteiger partial charge in [0.2, 0.25) is 0 Å². The van der Waals surface area contributed by atoms with Crippen LogP contribution in [0, 0.1) is 25.2 Å². The molecule has 0 saturated carbocycles. The quantitative estimate of drug-likeness (QED) is 0.838. The first-order valence-electron chi connectivity index (χ1n) is 7.80. The number of benzene rings is 1. The molecule has 0 saturated heterocycles. The fraction of sp³-hybridized carbons (Fsp3) is 0.300. The molecule has 1 N–H and O–H groups in total. The van der Waals surface area contributed by atoms with Gasteiger partial charge < -0.3 is 9.67 Å². The minimum absolute atomic E-state index is 0.0315. The monoisotopic (exact) mass is 322 g/mol. The summed E-state index contributed by atoms with van der Waals surface area (Å²) in [4.78, 5) is 10.9. The molecule has 0 unspecified atom stereocenters. The topological polar surface area (TPSA) is 66.0 Å². The van der Waals surface area contributed by atoms with Crippen molar-refractivity contribution in [1.29, 1.82) is 5.26 Å². The van der Waals surface area contributed by atoms with Gasteiger partial charge in [0, 0.05) is 16.9 Å². The number of rotatable bonds is 3. The SMILES string of the molecule is Cc1cc(/C=C(/C#N)c2ccc(C(=O)O)cc2)c(C)n1C(C)(C)C. The van der Waals surface area contributed by atoms with Crippen LogP contribution < -0.4 is 0 Å².